The summed E-state index contributed by atoms with van der Waals surface area (Å²) < 4.78 is 26.4. The van der Waals surface area contributed by atoms with E-state index in [4.69, 9.17) is 0 Å². The highest BCUT2D eigenvalue weighted by atomic mass is 32.2. The molecule has 9 heteroatoms. The van der Waals surface area contributed by atoms with Gasteiger partial charge in [0.15, 0.2) is 5.78 Å². The van der Waals surface area contributed by atoms with Gasteiger partial charge in [-0.3, -0.25) is 14.4 Å². The van der Waals surface area contributed by atoms with Crippen LogP contribution in [-0.2, 0) is 21.4 Å². The van der Waals surface area contributed by atoms with Gasteiger partial charge >= 0.3 is 0 Å². The van der Waals surface area contributed by atoms with E-state index >= 15 is 0 Å². The monoisotopic (exact) mass is 445 g/mol. The number of Topliss-reactive ketones (excluding diaryl/α,β-unsaturated/α-hetero) is 1. The van der Waals surface area contributed by atoms with Crippen LogP contribution in [0.2, 0.25) is 0 Å². The number of amides is 2. The van der Waals surface area contributed by atoms with Gasteiger partial charge in [0, 0.05) is 44.7 Å². The molecule has 0 aromatic heterocycles. The summed E-state index contributed by atoms with van der Waals surface area (Å²) in [5, 5.41) is 5.32. The summed E-state index contributed by atoms with van der Waals surface area (Å²) >= 11 is 0. The van der Waals surface area contributed by atoms with Crippen molar-refractivity contribution in [2.24, 2.45) is 0 Å². The number of sulfonamides is 1. The molecule has 0 radical (unpaired) electrons. The highest BCUT2D eigenvalue weighted by Crippen LogP contribution is 2.16. The van der Waals surface area contributed by atoms with Crippen molar-refractivity contribution in [3.63, 3.8) is 0 Å². The normalized spacial score (nSPS) is 11.2. The Balaban J connectivity index is 1.83. The number of rotatable bonds is 10. The number of carbonyl (C=O) groups is 3. The van der Waals surface area contributed by atoms with Crippen molar-refractivity contribution in [1.82, 2.24) is 14.9 Å². The van der Waals surface area contributed by atoms with Crippen LogP contribution in [0.4, 0.5) is 0 Å². The molecule has 0 unspecified atom stereocenters. The second-order valence-electron chi connectivity index (χ2n) is 7.07. The van der Waals surface area contributed by atoms with Gasteiger partial charge in [-0.25, -0.2) is 12.7 Å². The van der Waals surface area contributed by atoms with E-state index in [1.54, 1.807) is 25.2 Å². The topological polar surface area (TPSA) is 113 Å². The van der Waals surface area contributed by atoms with E-state index in [0.29, 0.717) is 17.5 Å². The zero-order chi connectivity index (χ0) is 23.0. The molecule has 0 saturated heterocycles. The molecule has 166 valence electrons. The lowest BCUT2D eigenvalue weighted by Gasteiger charge is -2.17. The Bertz CT molecular complexity index is 1050. The fourth-order valence-electron chi connectivity index (χ4n) is 2.88. The molecular weight excluding hydrogens is 418 g/mol. The molecule has 0 heterocycles. The first kappa shape index (κ1) is 24.2. The van der Waals surface area contributed by atoms with Crippen molar-refractivity contribution in [2.75, 3.05) is 20.6 Å². The predicted octanol–water partition coefficient (Wildman–Crippen LogP) is 1.97. The summed E-state index contributed by atoms with van der Waals surface area (Å²) in [6.07, 6.45) is 0.518. The van der Waals surface area contributed by atoms with Crippen molar-refractivity contribution in [3.8, 4) is 0 Å². The Morgan fingerprint density at radius 1 is 1.00 bits per heavy atom. The first-order chi connectivity index (χ1) is 14.6. The van der Waals surface area contributed by atoms with Crippen molar-refractivity contribution in [2.45, 2.75) is 31.2 Å². The van der Waals surface area contributed by atoms with Crippen molar-refractivity contribution in [3.05, 3.63) is 65.2 Å². The fraction of sp³-hybridized carbons (Fsp3) is 0.318. The smallest absolute Gasteiger partial charge is 0.251 e. The van der Waals surface area contributed by atoms with Crippen LogP contribution in [0.15, 0.2) is 53.4 Å². The van der Waals surface area contributed by atoms with Gasteiger partial charge in [-0.05, 0) is 43.2 Å². The number of carbonyl (C=O) groups excluding carboxylic acids is 3. The van der Waals surface area contributed by atoms with Gasteiger partial charge in [-0.1, -0.05) is 24.3 Å². The minimum atomic E-state index is -3.70. The van der Waals surface area contributed by atoms with Gasteiger partial charge in [0.25, 0.3) is 5.91 Å². The maximum atomic E-state index is 12.6. The van der Waals surface area contributed by atoms with Gasteiger partial charge in [0.05, 0.1) is 4.90 Å². The minimum Gasteiger partial charge on any atom is -0.355 e. The summed E-state index contributed by atoms with van der Waals surface area (Å²) in [6.45, 7) is 1.87. The number of nitrogens with one attached hydrogen (secondary N) is 2. The summed E-state index contributed by atoms with van der Waals surface area (Å²) in [5.41, 5.74) is 1.75. The zero-order valence-electron chi connectivity index (χ0n) is 17.8. The third-order valence-corrected chi connectivity index (χ3v) is 6.62. The molecule has 0 atom stereocenters. The SMILES string of the molecule is CNC(=O)c1cccc(CNC(=O)CCCN(C)S(=O)(=O)c2ccc(C(C)=O)cc2)c1. The molecule has 31 heavy (non-hydrogen) atoms. The van der Waals surface area contributed by atoms with Gasteiger partial charge in [0.2, 0.25) is 15.9 Å². The van der Waals surface area contributed by atoms with Crippen LogP contribution >= 0.6 is 0 Å². The molecule has 2 amide bonds. The maximum Gasteiger partial charge on any atom is 0.251 e. The van der Waals surface area contributed by atoms with Crippen LogP contribution < -0.4 is 10.6 Å². The molecule has 8 nitrogen and oxygen atoms in total. The van der Waals surface area contributed by atoms with E-state index in [2.05, 4.69) is 10.6 Å². The molecule has 0 spiro atoms. The number of benzene rings is 2. The third kappa shape index (κ3) is 6.73. The number of hydrogen-bond donors (Lipinski definition) is 2. The second kappa shape index (κ2) is 10.8. The first-order valence-corrected chi connectivity index (χ1v) is 11.2. The molecule has 0 fully saturated rings. The number of nitrogens with zero attached hydrogens (tertiary/aromatic N) is 1. The fourth-order valence-corrected chi connectivity index (χ4v) is 4.09. The minimum absolute atomic E-state index is 0.0976. The van der Waals surface area contributed by atoms with Gasteiger partial charge in [0.1, 0.15) is 0 Å². The molecule has 2 aromatic rings. The van der Waals surface area contributed by atoms with Crippen LogP contribution in [0.25, 0.3) is 0 Å². The average molecular weight is 446 g/mol. The molecule has 0 aliphatic carbocycles. The Morgan fingerprint density at radius 3 is 2.29 bits per heavy atom. The standard InChI is InChI=1S/C22H27N3O5S/c1-16(26)18-9-11-20(12-10-18)31(29,30)25(3)13-5-8-21(27)24-15-17-6-4-7-19(14-17)22(28)23-2/h4,6-7,9-12,14H,5,8,13,15H2,1-3H3,(H,23,28)(H,24,27). The van der Waals surface area contributed by atoms with E-state index in [1.807, 2.05) is 6.07 Å². The lowest BCUT2D eigenvalue weighted by Crippen LogP contribution is -2.29. The van der Waals surface area contributed by atoms with E-state index < -0.39 is 10.0 Å². The number of hydrogen-bond acceptors (Lipinski definition) is 5. The molecule has 0 bridgehead atoms. The largest absolute Gasteiger partial charge is 0.355 e. The predicted molar refractivity (Wildman–Crippen MR) is 117 cm³/mol. The van der Waals surface area contributed by atoms with Crippen LogP contribution in [0.3, 0.4) is 0 Å². The first-order valence-electron chi connectivity index (χ1n) is 9.80. The van der Waals surface area contributed by atoms with E-state index in [-0.39, 0.29) is 42.0 Å². The maximum absolute atomic E-state index is 12.6. The Kier molecular flexibility index (Phi) is 8.47. The van der Waals surface area contributed by atoms with E-state index in [0.717, 1.165) is 5.56 Å². The molecule has 2 aromatic carbocycles. The zero-order valence-corrected chi connectivity index (χ0v) is 18.7. The molecule has 0 saturated carbocycles. The lowest BCUT2D eigenvalue weighted by molar-refractivity contribution is -0.121. The summed E-state index contributed by atoms with van der Waals surface area (Å²) in [6, 6.07) is 12.7. The highest BCUT2D eigenvalue weighted by molar-refractivity contribution is 7.89. The van der Waals surface area contributed by atoms with Crippen molar-refractivity contribution in [1.29, 1.82) is 0 Å². The second-order valence-corrected chi connectivity index (χ2v) is 9.11. The third-order valence-electron chi connectivity index (χ3n) is 4.75. The van der Waals surface area contributed by atoms with Crippen LogP contribution in [0.1, 0.15) is 46.0 Å². The van der Waals surface area contributed by atoms with Gasteiger partial charge in [-0.2, -0.15) is 0 Å². The molecular formula is C22H27N3O5S. The Hall–Kier alpha value is -3.04. The quantitative estimate of drug-likeness (QED) is 0.543. The Labute approximate surface area is 182 Å². The molecule has 2 N–H and O–H groups in total. The summed E-state index contributed by atoms with van der Waals surface area (Å²) in [7, 11) is -0.692. The molecule has 0 aliphatic heterocycles. The highest BCUT2D eigenvalue weighted by Gasteiger charge is 2.20. The van der Waals surface area contributed by atoms with E-state index in [1.165, 1.54) is 42.5 Å². The lowest BCUT2D eigenvalue weighted by atomic mass is 10.1. The van der Waals surface area contributed by atoms with Crippen molar-refractivity contribution < 1.29 is 22.8 Å². The van der Waals surface area contributed by atoms with Gasteiger partial charge < -0.3 is 10.6 Å². The molecule has 0 aliphatic rings. The summed E-state index contributed by atoms with van der Waals surface area (Å²) in [5.74, 6) is -0.543. The Morgan fingerprint density at radius 2 is 1.68 bits per heavy atom. The van der Waals surface area contributed by atoms with E-state index in [9.17, 15) is 22.8 Å². The number of ketones is 1. The van der Waals surface area contributed by atoms with Crippen molar-refractivity contribution >= 4 is 27.6 Å². The average Bonchev–Trinajstić information content (AvgIpc) is 2.77. The van der Waals surface area contributed by atoms with Gasteiger partial charge in [-0.15, -0.1) is 0 Å². The molecule has 2 rings (SSSR count). The summed E-state index contributed by atoms with van der Waals surface area (Å²) in [4.78, 5) is 35.2. The van der Waals surface area contributed by atoms with Crippen LogP contribution in [0, 0.1) is 0 Å². The van der Waals surface area contributed by atoms with Crippen LogP contribution in [-0.4, -0.2) is 51.0 Å². The van der Waals surface area contributed by atoms with Crippen LogP contribution in [0.5, 0.6) is 0 Å².